The molecule has 1 aliphatic heterocycles. The Kier molecular flexibility index (Phi) is 5.87. The van der Waals surface area contributed by atoms with E-state index in [1.807, 2.05) is 0 Å². The molecule has 1 amide bonds. The van der Waals surface area contributed by atoms with Crippen LogP contribution in [0.4, 0.5) is 5.69 Å². The van der Waals surface area contributed by atoms with Crippen LogP contribution in [0, 0.1) is 0 Å². The minimum absolute atomic E-state index is 0.118. The normalized spacial score (nSPS) is 16.2. The second-order valence-electron chi connectivity index (χ2n) is 7.86. The van der Waals surface area contributed by atoms with Crippen molar-refractivity contribution in [3.05, 3.63) is 87.0 Å². The molecule has 3 N–H and O–H groups in total. The van der Waals surface area contributed by atoms with Gasteiger partial charge in [-0.25, -0.2) is 13.6 Å². The number of carbonyl (C=O) groups excluding carboxylic acids is 2. The highest BCUT2D eigenvalue weighted by molar-refractivity contribution is 7.89. The zero-order chi connectivity index (χ0) is 25.8. The van der Waals surface area contributed by atoms with Crippen LogP contribution in [0.25, 0.3) is 11.0 Å². The van der Waals surface area contributed by atoms with Gasteiger partial charge in [0.05, 0.1) is 17.6 Å². The molecule has 0 saturated heterocycles. The number of carbonyl (C=O) groups is 2. The number of aliphatic hydroxyl groups excluding tert-OH is 1. The summed E-state index contributed by atoms with van der Waals surface area (Å²) in [6.45, 7) is 0. The topological polar surface area (TPSA) is 140 Å². The average Bonchev–Trinajstić information content (AvgIpc) is 3.57. The second kappa shape index (κ2) is 8.79. The van der Waals surface area contributed by atoms with E-state index in [-0.39, 0.29) is 27.5 Å². The van der Waals surface area contributed by atoms with E-state index in [9.17, 15) is 23.1 Å². The molecule has 36 heavy (non-hydrogen) atoms. The number of hydrogen-bond donors (Lipinski definition) is 2. The highest BCUT2D eigenvalue weighted by Crippen LogP contribution is 2.44. The van der Waals surface area contributed by atoms with E-state index in [1.54, 1.807) is 29.6 Å². The van der Waals surface area contributed by atoms with Crippen molar-refractivity contribution >= 4 is 61.3 Å². The molecule has 0 aliphatic carbocycles. The summed E-state index contributed by atoms with van der Waals surface area (Å²) in [4.78, 5) is 28.6. The monoisotopic (exact) mass is 544 g/mol. The number of fused-ring (bicyclic) bond motifs is 1. The molecule has 0 spiro atoms. The van der Waals surface area contributed by atoms with Crippen LogP contribution in [0.2, 0.25) is 5.02 Å². The Morgan fingerprint density at radius 2 is 1.92 bits per heavy atom. The van der Waals surface area contributed by atoms with E-state index in [4.69, 9.17) is 25.9 Å². The lowest BCUT2D eigenvalue weighted by Gasteiger charge is -2.25. The van der Waals surface area contributed by atoms with Crippen LogP contribution >= 0.6 is 22.9 Å². The number of primary sulfonamides is 1. The number of halogens is 1. The zero-order valence-electron chi connectivity index (χ0n) is 18.5. The van der Waals surface area contributed by atoms with Crippen LogP contribution in [-0.2, 0) is 14.8 Å². The number of rotatable bonds is 6. The van der Waals surface area contributed by atoms with Gasteiger partial charge in [-0.2, -0.15) is 0 Å². The summed E-state index contributed by atoms with van der Waals surface area (Å²) >= 11 is 7.41. The van der Waals surface area contributed by atoms with Crippen molar-refractivity contribution in [2.24, 2.45) is 5.14 Å². The Bertz CT molecular complexity index is 1660. The molecule has 1 atom stereocenters. The van der Waals surface area contributed by atoms with Gasteiger partial charge in [-0.1, -0.05) is 17.7 Å². The molecule has 0 bridgehead atoms. The van der Waals surface area contributed by atoms with Gasteiger partial charge in [0.15, 0.2) is 22.9 Å². The predicted molar refractivity (Wildman–Crippen MR) is 134 cm³/mol. The first kappa shape index (κ1) is 24.1. The molecule has 184 valence electrons. The molecular formula is C24H17ClN2O7S2. The van der Waals surface area contributed by atoms with Crippen LogP contribution in [0.5, 0.6) is 5.75 Å². The summed E-state index contributed by atoms with van der Waals surface area (Å²) in [5, 5.41) is 18.7. The molecule has 12 heteroatoms. The SMILES string of the molecule is COc1cc(Cl)cc2cc(C(=O)C3=C(O)C(=O)N(c4ccc(S(N)(=O)=O)cc4)C3c3cccs3)oc12. The number of aliphatic hydroxyl groups is 1. The first-order chi connectivity index (χ1) is 17.1. The molecule has 1 aliphatic rings. The van der Waals surface area contributed by atoms with E-state index in [2.05, 4.69) is 0 Å². The van der Waals surface area contributed by atoms with Crippen LogP contribution in [-0.4, -0.2) is 32.3 Å². The fraction of sp³-hybridized carbons (Fsp3) is 0.0833. The van der Waals surface area contributed by atoms with Gasteiger partial charge in [-0.3, -0.25) is 14.5 Å². The second-order valence-corrected chi connectivity index (χ2v) is 10.8. The molecule has 0 fully saturated rings. The lowest BCUT2D eigenvalue weighted by atomic mass is 10.00. The maximum atomic E-state index is 13.7. The number of sulfonamides is 1. The van der Waals surface area contributed by atoms with Gasteiger partial charge in [0.2, 0.25) is 15.8 Å². The van der Waals surface area contributed by atoms with E-state index < -0.39 is 33.5 Å². The van der Waals surface area contributed by atoms with E-state index in [1.165, 1.54) is 53.7 Å². The third-order valence-corrected chi connectivity index (χ3v) is 7.77. The maximum absolute atomic E-state index is 13.7. The van der Waals surface area contributed by atoms with Crippen LogP contribution in [0.3, 0.4) is 0 Å². The van der Waals surface area contributed by atoms with Gasteiger partial charge in [0, 0.05) is 27.0 Å². The highest BCUT2D eigenvalue weighted by atomic mass is 35.5. The Balaban J connectivity index is 1.62. The van der Waals surface area contributed by atoms with Crippen LogP contribution in [0.1, 0.15) is 21.5 Å². The number of nitrogens with two attached hydrogens (primary N) is 1. The van der Waals surface area contributed by atoms with Crippen LogP contribution < -0.4 is 14.8 Å². The highest BCUT2D eigenvalue weighted by Gasteiger charge is 2.46. The number of anilines is 1. The summed E-state index contributed by atoms with van der Waals surface area (Å²) in [5.74, 6) is -2.05. The fourth-order valence-corrected chi connectivity index (χ4v) is 5.65. The number of nitrogens with zero attached hydrogens (tertiary/aromatic N) is 1. The van der Waals surface area contributed by atoms with Gasteiger partial charge in [0.1, 0.15) is 6.04 Å². The molecule has 2 aromatic heterocycles. The lowest BCUT2D eigenvalue weighted by molar-refractivity contribution is -0.117. The summed E-state index contributed by atoms with van der Waals surface area (Å²) in [7, 11) is -2.52. The number of ketones is 1. The quantitative estimate of drug-likeness (QED) is 0.338. The lowest BCUT2D eigenvalue weighted by Crippen LogP contribution is -2.30. The molecule has 2 aromatic carbocycles. The van der Waals surface area contributed by atoms with Crippen molar-refractivity contribution in [1.29, 1.82) is 0 Å². The zero-order valence-corrected chi connectivity index (χ0v) is 20.9. The number of thiophene rings is 1. The first-order valence-corrected chi connectivity index (χ1v) is 13.1. The van der Waals surface area contributed by atoms with E-state index in [0.717, 1.165) is 0 Å². The van der Waals surface area contributed by atoms with Crippen molar-refractivity contribution in [3.8, 4) is 5.75 Å². The Hall–Kier alpha value is -3.64. The van der Waals surface area contributed by atoms with Gasteiger partial charge in [-0.05, 0) is 47.8 Å². The van der Waals surface area contributed by atoms with Crippen molar-refractivity contribution in [3.63, 3.8) is 0 Å². The van der Waals surface area contributed by atoms with Crippen molar-refractivity contribution in [2.75, 3.05) is 12.0 Å². The Morgan fingerprint density at radius 3 is 2.53 bits per heavy atom. The summed E-state index contributed by atoms with van der Waals surface area (Å²) < 4.78 is 34.4. The van der Waals surface area contributed by atoms with E-state index in [0.29, 0.717) is 21.0 Å². The third kappa shape index (κ3) is 3.95. The van der Waals surface area contributed by atoms with Gasteiger partial charge < -0.3 is 14.3 Å². The summed E-state index contributed by atoms with van der Waals surface area (Å²) in [5.41, 5.74) is 0.373. The number of methoxy groups -OCH3 is 1. The molecule has 0 radical (unpaired) electrons. The predicted octanol–water partition coefficient (Wildman–Crippen LogP) is 4.59. The van der Waals surface area contributed by atoms with Gasteiger partial charge >= 0.3 is 0 Å². The van der Waals surface area contributed by atoms with Gasteiger partial charge in [0.25, 0.3) is 5.91 Å². The number of hydrogen-bond acceptors (Lipinski definition) is 8. The largest absolute Gasteiger partial charge is 0.503 e. The number of amides is 1. The Labute approximate surface area is 214 Å². The van der Waals surface area contributed by atoms with Crippen molar-refractivity contribution in [2.45, 2.75) is 10.9 Å². The fourth-order valence-electron chi connectivity index (χ4n) is 4.10. The van der Waals surface area contributed by atoms with Gasteiger partial charge in [-0.15, -0.1) is 11.3 Å². The maximum Gasteiger partial charge on any atom is 0.294 e. The summed E-state index contributed by atoms with van der Waals surface area (Å²) in [6, 6.07) is 12.4. The number of furan rings is 1. The molecule has 5 rings (SSSR count). The number of ether oxygens (including phenoxy) is 1. The minimum Gasteiger partial charge on any atom is -0.503 e. The molecule has 4 aromatic rings. The average molecular weight is 545 g/mol. The molecule has 3 heterocycles. The molecule has 9 nitrogen and oxygen atoms in total. The Morgan fingerprint density at radius 1 is 1.19 bits per heavy atom. The number of Topliss-reactive ketones (excluding diaryl/α,β-unsaturated/α-hetero) is 1. The molecule has 0 saturated carbocycles. The molecule has 1 unspecified atom stereocenters. The summed E-state index contributed by atoms with van der Waals surface area (Å²) in [6.07, 6.45) is 0. The van der Waals surface area contributed by atoms with E-state index >= 15 is 0 Å². The number of benzene rings is 2. The minimum atomic E-state index is -3.95. The first-order valence-electron chi connectivity index (χ1n) is 10.3. The van der Waals surface area contributed by atoms with Crippen molar-refractivity contribution < 1.29 is 32.3 Å². The standard InChI is InChI=1S/C24H17ClN2O7S2/c1-33-17-11-13(25)9-12-10-16(34-23(12)17)21(28)19-20(18-3-2-8-35-18)27(24(30)22(19)29)14-4-6-15(7-5-14)36(26,31)32/h2-11,20,29H,1H3,(H2,26,31,32). The van der Waals surface area contributed by atoms with Crippen LogP contribution in [0.15, 0.2) is 80.6 Å². The smallest absolute Gasteiger partial charge is 0.294 e. The molecular weight excluding hydrogens is 528 g/mol. The third-order valence-electron chi connectivity index (χ3n) is 5.70. The van der Waals surface area contributed by atoms with Crippen molar-refractivity contribution in [1.82, 2.24) is 0 Å².